The number of carbonyl (C=O) groups excluding carboxylic acids is 3. The number of hydrogen-bond acceptors (Lipinski definition) is 4. The van der Waals surface area contributed by atoms with Crippen LogP contribution in [0.4, 0.5) is 11.4 Å². The molecular formula is C21H21N3O4. The average molecular weight is 379 g/mol. The number of rotatable bonds is 5. The maximum atomic E-state index is 12.5. The maximum Gasteiger partial charge on any atom is 0.265 e. The van der Waals surface area contributed by atoms with Crippen LogP contribution >= 0.6 is 0 Å². The van der Waals surface area contributed by atoms with Crippen molar-refractivity contribution in [3.63, 3.8) is 0 Å². The normalized spacial score (nSPS) is 16.0. The SMILES string of the molecule is O=C(CN1C(=O)COc2ccccc21)Nc1cccc(CN2CCCC2=O)c1. The third kappa shape index (κ3) is 3.83. The Kier molecular flexibility index (Phi) is 4.97. The maximum absolute atomic E-state index is 12.5. The molecule has 0 spiro atoms. The Bertz CT molecular complexity index is 927. The number of likely N-dealkylation sites (tertiary alicyclic amines) is 1. The van der Waals surface area contributed by atoms with Crippen molar-refractivity contribution in [2.24, 2.45) is 0 Å². The highest BCUT2D eigenvalue weighted by Crippen LogP contribution is 2.31. The summed E-state index contributed by atoms with van der Waals surface area (Å²) in [6.45, 7) is 1.14. The van der Waals surface area contributed by atoms with Gasteiger partial charge in [0.2, 0.25) is 11.8 Å². The third-order valence-electron chi connectivity index (χ3n) is 4.87. The van der Waals surface area contributed by atoms with E-state index in [-0.39, 0.29) is 30.9 Å². The summed E-state index contributed by atoms with van der Waals surface area (Å²) in [5, 5.41) is 2.84. The van der Waals surface area contributed by atoms with Crippen molar-refractivity contribution >= 4 is 29.1 Å². The molecule has 4 rings (SSSR count). The first kappa shape index (κ1) is 18.0. The summed E-state index contributed by atoms with van der Waals surface area (Å²) < 4.78 is 5.40. The fraction of sp³-hybridized carbons (Fsp3) is 0.286. The van der Waals surface area contributed by atoms with E-state index in [0.29, 0.717) is 30.1 Å². The van der Waals surface area contributed by atoms with E-state index in [9.17, 15) is 14.4 Å². The predicted octanol–water partition coefficient (Wildman–Crippen LogP) is 2.17. The summed E-state index contributed by atoms with van der Waals surface area (Å²) in [5.41, 5.74) is 2.19. The quantitative estimate of drug-likeness (QED) is 0.864. The van der Waals surface area contributed by atoms with Crippen LogP contribution in [0.5, 0.6) is 5.75 Å². The zero-order valence-corrected chi connectivity index (χ0v) is 15.4. The van der Waals surface area contributed by atoms with Gasteiger partial charge in [0.05, 0.1) is 5.69 Å². The lowest BCUT2D eigenvalue weighted by molar-refractivity contribution is -0.128. The van der Waals surface area contributed by atoms with Gasteiger partial charge < -0.3 is 15.0 Å². The summed E-state index contributed by atoms with van der Waals surface area (Å²) in [5.74, 6) is 0.209. The molecule has 0 atom stereocenters. The first-order chi connectivity index (χ1) is 13.6. The van der Waals surface area contributed by atoms with Crippen molar-refractivity contribution in [3.8, 4) is 5.75 Å². The average Bonchev–Trinajstić information content (AvgIpc) is 3.09. The molecule has 2 aromatic rings. The van der Waals surface area contributed by atoms with Gasteiger partial charge >= 0.3 is 0 Å². The minimum atomic E-state index is -0.292. The molecule has 0 unspecified atom stereocenters. The number of benzene rings is 2. The van der Waals surface area contributed by atoms with Crippen LogP contribution in [0.25, 0.3) is 0 Å². The van der Waals surface area contributed by atoms with Gasteiger partial charge in [0.25, 0.3) is 5.91 Å². The van der Waals surface area contributed by atoms with Crippen molar-refractivity contribution in [1.29, 1.82) is 0 Å². The lowest BCUT2D eigenvalue weighted by Crippen LogP contribution is -2.43. The second-order valence-electron chi connectivity index (χ2n) is 6.90. The molecule has 0 aliphatic carbocycles. The number of amides is 3. The number of carbonyl (C=O) groups is 3. The molecule has 0 radical (unpaired) electrons. The molecule has 0 saturated carbocycles. The first-order valence-electron chi connectivity index (χ1n) is 9.29. The highest BCUT2D eigenvalue weighted by molar-refractivity contribution is 6.04. The van der Waals surface area contributed by atoms with Crippen molar-refractivity contribution in [1.82, 2.24) is 4.90 Å². The Morgan fingerprint density at radius 1 is 1.07 bits per heavy atom. The second kappa shape index (κ2) is 7.72. The van der Waals surface area contributed by atoms with Crippen LogP contribution < -0.4 is 15.0 Å². The number of ether oxygens (including phenoxy) is 1. The van der Waals surface area contributed by atoms with E-state index in [1.807, 2.05) is 29.2 Å². The monoisotopic (exact) mass is 379 g/mol. The summed E-state index contributed by atoms with van der Waals surface area (Å²) in [7, 11) is 0. The summed E-state index contributed by atoms with van der Waals surface area (Å²) in [4.78, 5) is 39.8. The number of hydrogen-bond donors (Lipinski definition) is 1. The highest BCUT2D eigenvalue weighted by Gasteiger charge is 2.27. The van der Waals surface area contributed by atoms with E-state index >= 15 is 0 Å². The molecule has 144 valence electrons. The Balaban J connectivity index is 1.42. The zero-order valence-electron chi connectivity index (χ0n) is 15.4. The molecule has 2 aliphatic heterocycles. The topological polar surface area (TPSA) is 79.0 Å². The molecular weight excluding hydrogens is 358 g/mol. The summed E-state index contributed by atoms with van der Waals surface area (Å²) >= 11 is 0. The van der Waals surface area contributed by atoms with Gasteiger partial charge in [-0.15, -0.1) is 0 Å². The highest BCUT2D eigenvalue weighted by atomic mass is 16.5. The molecule has 0 bridgehead atoms. The number of anilines is 2. The van der Waals surface area contributed by atoms with Crippen molar-refractivity contribution in [2.75, 3.05) is 29.9 Å². The largest absolute Gasteiger partial charge is 0.482 e. The van der Waals surface area contributed by atoms with Gasteiger partial charge in [-0.2, -0.15) is 0 Å². The minimum absolute atomic E-state index is 0.0797. The van der Waals surface area contributed by atoms with Crippen LogP contribution in [0.2, 0.25) is 0 Å². The molecule has 2 aliphatic rings. The van der Waals surface area contributed by atoms with Gasteiger partial charge in [0.1, 0.15) is 12.3 Å². The number of nitrogens with one attached hydrogen (secondary N) is 1. The molecule has 2 aromatic carbocycles. The zero-order chi connectivity index (χ0) is 19.5. The molecule has 3 amide bonds. The number of fused-ring (bicyclic) bond motifs is 1. The fourth-order valence-electron chi connectivity index (χ4n) is 3.51. The Hall–Kier alpha value is -3.35. The van der Waals surface area contributed by atoms with Crippen LogP contribution in [-0.2, 0) is 20.9 Å². The Labute approximate surface area is 162 Å². The van der Waals surface area contributed by atoms with Crippen LogP contribution in [0.3, 0.4) is 0 Å². The van der Waals surface area contributed by atoms with E-state index in [1.165, 1.54) is 4.90 Å². The molecule has 28 heavy (non-hydrogen) atoms. The molecule has 7 nitrogen and oxygen atoms in total. The van der Waals surface area contributed by atoms with Crippen LogP contribution in [-0.4, -0.2) is 42.3 Å². The van der Waals surface area contributed by atoms with E-state index in [2.05, 4.69) is 5.32 Å². The third-order valence-corrected chi connectivity index (χ3v) is 4.87. The summed E-state index contributed by atoms with van der Waals surface area (Å²) in [6, 6.07) is 14.6. The van der Waals surface area contributed by atoms with Gasteiger partial charge in [-0.1, -0.05) is 24.3 Å². The Morgan fingerprint density at radius 3 is 2.75 bits per heavy atom. The predicted molar refractivity (Wildman–Crippen MR) is 104 cm³/mol. The van der Waals surface area contributed by atoms with E-state index < -0.39 is 0 Å². The fourth-order valence-corrected chi connectivity index (χ4v) is 3.51. The molecule has 0 aromatic heterocycles. The van der Waals surface area contributed by atoms with Gasteiger partial charge in [-0.25, -0.2) is 0 Å². The van der Waals surface area contributed by atoms with E-state index in [1.54, 1.807) is 24.3 Å². The summed E-state index contributed by atoms with van der Waals surface area (Å²) in [6.07, 6.45) is 1.50. The van der Waals surface area contributed by atoms with Crippen molar-refractivity contribution in [3.05, 3.63) is 54.1 Å². The number of para-hydroxylation sites is 2. The molecule has 1 N–H and O–H groups in total. The molecule has 1 fully saturated rings. The first-order valence-corrected chi connectivity index (χ1v) is 9.29. The van der Waals surface area contributed by atoms with Crippen molar-refractivity contribution in [2.45, 2.75) is 19.4 Å². The van der Waals surface area contributed by atoms with Gasteiger partial charge in [0, 0.05) is 25.2 Å². The Morgan fingerprint density at radius 2 is 1.93 bits per heavy atom. The van der Waals surface area contributed by atoms with Gasteiger partial charge in [-0.3, -0.25) is 19.3 Å². The molecule has 2 heterocycles. The lowest BCUT2D eigenvalue weighted by Gasteiger charge is -2.28. The van der Waals surface area contributed by atoms with Crippen LogP contribution in [0, 0.1) is 0 Å². The smallest absolute Gasteiger partial charge is 0.265 e. The second-order valence-corrected chi connectivity index (χ2v) is 6.90. The minimum Gasteiger partial charge on any atom is -0.482 e. The van der Waals surface area contributed by atoms with Crippen molar-refractivity contribution < 1.29 is 19.1 Å². The van der Waals surface area contributed by atoms with Crippen LogP contribution in [0.1, 0.15) is 18.4 Å². The number of nitrogens with zero attached hydrogens (tertiary/aromatic N) is 2. The van der Waals surface area contributed by atoms with E-state index in [0.717, 1.165) is 18.5 Å². The van der Waals surface area contributed by atoms with Gasteiger partial charge in [-0.05, 0) is 36.2 Å². The standard InChI is InChI=1S/C21H21N3O4/c25-19(13-24-17-7-1-2-8-18(17)28-14-21(24)27)22-16-6-3-5-15(11-16)12-23-10-4-9-20(23)26/h1-3,5-8,11H,4,9-10,12-14H2,(H,22,25). The van der Waals surface area contributed by atoms with Gasteiger partial charge in [0.15, 0.2) is 6.61 Å². The molecule has 7 heteroatoms. The van der Waals surface area contributed by atoms with Crippen LogP contribution in [0.15, 0.2) is 48.5 Å². The molecule has 1 saturated heterocycles. The lowest BCUT2D eigenvalue weighted by atomic mass is 10.2. The van der Waals surface area contributed by atoms with E-state index in [4.69, 9.17) is 4.74 Å².